The third-order valence-corrected chi connectivity index (χ3v) is 7.45. The molecule has 0 spiro atoms. The number of nitrogens with zero attached hydrogens (tertiary/aromatic N) is 3. The molecule has 2 aromatic heterocycles. The fourth-order valence-electron chi connectivity index (χ4n) is 4.25. The largest absolute Gasteiger partial charge is 0.422 e. The number of halogens is 2. The van der Waals surface area contributed by atoms with Crippen molar-refractivity contribution >= 4 is 56.1 Å². The van der Waals surface area contributed by atoms with Crippen LogP contribution in [0, 0.1) is 0 Å². The number of benzene rings is 2. The zero-order chi connectivity index (χ0) is 22.8. The minimum atomic E-state index is -0.344. The van der Waals surface area contributed by atoms with Crippen molar-refractivity contribution in [1.82, 2.24) is 4.57 Å². The molecule has 168 valence electrons. The van der Waals surface area contributed by atoms with Crippen LogP contribution < -0.4 is 10.4 Å². The molecule has 33 heavy (non-hydrogen) atoms. The monoisotopic (exact) mass is 541 g/mol. The quantitative estimate of drug-likeness (QED) is 0.156. The average molecular weight is 543 g/mol. The van der Waals surface area contributed by atoms with Crippen LogP contribution in [-0.2, 0) is 0 Å². The second-order valence-corrected chi connectivity index (χ2v) is 10.3. The van der Waals surface area contributed by atoms with Gasteiger partial charge in [0.2, 0.25) is 4.80 Å². The molecule has 1 aliphatic rings. The summed E-state index contributed by atoms with van der Waals surface area (Å²) in [6, 6.07) is 15.3. The first-order valence-corrected chi connectivity index (χ1v) is 12.9. The molecular formula is C25H21BrClN3O2S. The summed E-state index contributed by atoms with van der Waals surface area (Å²) in [6.07, 6.45) is 7.40. The molecule has 0 aliphatic heterocycles. The van der Waals surface area contributed by atoms with Gasteiger partial charge in [-0.1, -0.05) is 58.9 Å². The molecule has 5 nitrogen and oxygen atoms in total. The van der Waals surface area contributed by atoms with E-state index in [0.717, 1.165) is 38.8 Å². The normalized spacial score (nSPS) is 15.6. The summed E-state index contributed by atoms with van der Waals surface area (Å²) in [4.78, 5) is 13.7. The third-order valence-electron chi connectivity index (χ3n) is 5.87. The van der Waals surface area contributed by atoms with E-state index in [1.54, 1.807) is 12.3 Å². The Labute approximate surface area is 208 Å². The summed E-state index contributed by atoms with van der Waals surface area (Å²) in [5.41, 5.74) is 2.53. The SMILES string of the molecule is O=c1oc2ccc(Br)cc2cc1-c1cs/c(=N/N=C/c2ccc(Cl)cc2)n1C1CCCCC1. The summed E-state index contributed by atoms with van der Waals surface area (Å²) in [5, 5.41) is 12.4. The van der Waals surface area contributed by atoms with Gasteiger partial charge in [-0.05, 0) is 54.8 Å². The number of hydrogen-bond acceptors (Lipinski definition) is 5. The number of hydrogen-bond donors (Lipinski definition) is 0. The molecule has 2 aromatic carbocycles. The Balaban J connectivity index is 1.61. The first-order chi connectivity index (χ1) is 16.1. The molecule has 0 radical (unpaired) electrons. The van der Waals surface area contributed by atoms with Crippen molar-refractivity contribution in [3.8, 4) is 11.3 Å². The zero-order valence-electron chi connectivity index (χ0n) is 17.7. The molecule has 0 saturated heterocycles. The standard InChI is InChI=1S/C25H21BrClN3O2S/c26-18-8-11-23-17(12-18)13-21(24(31)32-23)22-15-33-25(30(22)20-4-2-1-3-5-20)29-28-14-16-6-9-19(27)10-7-16/h6-15,20H,1-5H2/b28-14+,29-25+. The Hall–Kier alpha value is -2.48. The minimum Gasteiger partial charge on any atom is -0.422 e. The van der Waals surface area contributed by atoms with Crippen molar-refractivity contribution in [2.75, 3.05) is 0 Å². The van der Waals surface area contributed by atoms with Crippen LogP contribution in [0.1, 0.15) is 43.7 Å². The number of thiazole rings is 1. The molecule has 5 rings (SSSR count). The van der Waals surface area contributed by atoms with Gasteiger partial charge < -0.3 is 8.98 Å². The Morgan fingerprint density at radius 2 is 1.88 bits per heavy atom. The van der Waals surface area contributed by atoms with Gasteiger partial charge in [-0.25, -0.2) is 4.79 Å². The van der Waals surface area contributed by atoms with E-state index in [4.69, 9.17) is 16.0 Å². The maximum absolute atomic E-state index is 12.9. The van der Waals surface area contributed by atoms with E-state index in [1.165, 1.54) is 30.6 Å². The first kappa shape index (κ1) is 22.3. The molecule has 0 N–H and O–H groups in total. The first-order valence-electron chi connectivity index (χ1n) is 10.8. The number of rotatable bonds is 4. The molecule has 1 aliphatic carbocycles. The smallest absolute Gasteiger partial charge is 0.345 e. The highest BCUT2D eigenvalue weighted by molar-refractivity contribution is 9.10. The van der Waals surface area contributed by atoms with Gasteiger partial charge in [0.1, 0.15) is 5.58 Å². The van der Waals surface area contributed by atoms with E-state index in [2.05, 4.69) is 30.7 Å². The van der Waals surface area contributed by atoms with Gasteiger partial charge in [0.05, 0.1) is 17.5 Å². The van der Waals surface area contributed by atoms with Crippen molar-refractivity contribution in [2.45, 2.75) is 38.1 Å². The van der Waals surface area contributed by atoms with Crippen LogP contribution in [0.3, 0.4) is 0 Å². The minimum absolute atomic E-state index is 0.280. The van der Waals surface area contributed by atoms with Crippen molar-refractivity contribution in [2.24, 2.45) is 10.2 Å². The van der Waals surface area contributed by atoms with Gasteiger partial charge in [-0.15, -0.1) is 16.4 Å². The van der Waals surface area contributed by atoms with Crippen molar-refractivity contribution in [3.05, 3.63) is 84.2 Å². The highest BCUT2D eigenvalue weighted by atomic mass is 79.9. The maximum Gasteiger partial charge on any atom is 0.345 e. The second kappa shape index (κ2) is 9.79. The average Bonchev–Trinajstić information content (AvgIpc) is 3.24. The van der Waals surface area contributed by atoms with Crippen LogP contribution in [0.25, 0.3) is 22.2 Å². The van der Waals surface area contributed by atoms with Gasteiger partial charge in [0.15, 0.2) is 0 Å². The second-order valence-electron chi connectivity index (χ2n) is 8.09. The van der Waals surface area contributed by atoms with Crippen LogP contribution in [0.2, 0.25) is 5.02 Å². The zero-order valence-corrected chi connectivity index (χ0v) is 20.9. The van der Waals surface area contributed by atoms with Crippen LogP contribution in [0.5, 0.6) is 0 Å². The summed E-state index contributed by atoms with van der Waals surface area (Å²) in [5.74, 6) is 0. The lowest BCUT2D eigenvalue weighted by Crippen LogP contribution is -2.24. The Morgan fingerprint density at radius 3 is 2.67 bits per heavy atom. The van der Waals surface area contributed by atoms with Crippen LogP contribution >= 0.6 is 38.9 Å². The van der Waals surface area contributed by atoms with E-state index >= 15 is 0 Å². The Kier molecular flexibility index (Phi) is 6.62. The number of fused-ring (bicyclic) bond motifs is 1. The molecule has 1 fully saturated rings. The summed E-state index contributed by atoms with van der Waals surface area (Å²) < 4.78 is 8.76. The van der Waals surface area contributed by atoms with Crippen molar-refractivity contribution in [3.63, 3.8) is 0 Å². The maximum atomic E-state index is 12.9. The summed E-state index contributed by atoms with van der Waals surface area (Å²) in [6.45, 7) is 0. The number of aromatic nitrogens is 1. The molecule has 2 heterocycles. The van der Waals surface area contributed by atoms with Crippen molar-refractivity contribution < 1.29 is 4.42 Å². The van der Waals surface area contributed by atoms with Gasteiger partial charge in [0.25, 0.3) is 0 Å². The van der Waals surface area contributed by atoms with Gasteiger partial charge in [0, 0.05) is 26.3 Å². The van der Waals surface area contributed by atoms with Gasteiger partial charge in [-0.3, -0.25) is 0 Å². The van der Waals surface area contributed by atoms with Crippen LogP contribution in [-0.4, -0.2) is 10.8 Å². The Morgan fingerprint density at radius 1 is 1.09 bits per heavy atom. The van der Waals surface area contributed by atoms with Crippen LogP contribution in [0.4, 0.5) is 0 Å². The molecule has 0 unspecified atom stereocenters. The lowest BCUT2D eigenvalue weighted by atomic mass is 9.95. The van der Waals surface area contributed by atoms with E-state index in [1.807, 2.05) is 47.8 Å². The van der Waals surface area contributed by atoms with Crippen molar-refractivity contribution in [1.29, 1.82) is 0 Å². The Bertz CT molecular complexity index is 1450. The van der Waals surface area contributed by atoms with E-state index in [-0.39, 0.29) is 11.7 Å². The molecule has 8 heteroatoms. The highest BCUT2D eigenvalue weighted by Gasteiger charge is 2.22. The summed E-state index contributed by atoms with van der Waals surface area (Å²) >= 11 is 11.0. The van der Waals surface area contributed by atoms with Crippen LogP contribution in [0.15, 0.2) is 77.8 Å². The summed E-state index contributed by atoms with van der Waals surface area (Å²) in [7, 11) is 0. The molecule has 1 saturated carbocycles. The molecule has 0 atom stereocenters. The van der Waals surface area contributed by atoms with E-state index in [9.17, 15) is 4.79 Å². The topological polar surface area (TPSA) is 59.9 Å². The highest BCUT2D eigenvalue weighted by Crippen LogP contribution is 2.32. The third kappa shape index (κ3) is 4.90. The molecule has 0 bridgehead atoms. The predicted octanol–water partition coefficient (Wildman–Crippen LogP) is 7.18. The van der Waals surface area contributed by atoms with Gasteiger partial charge in [-0.2, -0.15) is 5.10 Å². The molecule has 0 amide bonds. The molecular weight excluding hydrogens is 522 g/mol. The lowest BCUT2D eigenvalue weighted by molar-refractivity contribution is 0.350. The fourth-order valence-corrected chi connectivity index (χ4v) is 5.67. The molecule has 4 aromatic rings. The predicted molar refractivity (Wildman–Crippen MR) is 138 cm³/mol. The van der Waals surface area contributed by atoms with E-state index < -0.39 is 0 Å². The van der Waals surface area contributed by atoms with E-state index in [0.29, 0.717) is 16.2 Å². The fraction of sp³-hybridized carbons (Fsp3) is 0.240. The van der Waals surface area contributed by atoms with Gasteiger partial charge >= 0.3 is 5.63 Å². The lowest BCUT2D eigenvalue weighted by Gasteiger charge is -2.24.